The van der Waals surface area contributed by atoms with E-state index in [1.807, 2.05) is 26.0 Å². The third-order valence-corrected chi connectivity index (χ3v) is 4.97. The summed E-state index contributed by atoms with van der Waals surface area (Å²) in [5, 5.41) is 13.2. The summed E-state index contributed by atoms with van der Waals surface area (Å²) < 4.78 is 10.9. The lowest BCUT2D eigenvalue weighted by atomic mass is 10.1. The van der Waals surface area contributed by atoms with Gasteiger partial charge < -0.3 is 19.9 Å². The molecule has 2 N–H and O–H groups in total. The van der Waals surface area contributed by atoms with Gasteiger partial charge in [0.05, 0.1) is 18.8 Å². The maximum absolute atomic E-state index is 12.1. The lowest BCUT2D eigenvalue weighted by Crippen LogP contribution is -2.41. The van der Waals surface area contributed by atoms with Gasteiger partial charge in [0.1, 0.15) is 24.2 Å². The van der Waals surface area contributed by atoms with E-state index in [0.717, 1.165) is 16.9 Å². The Labute approximate surface area is 177 Å². The van der Waals surface area contributed by atoms with Gasteiger partial charge >= 0.3 is 6.09 Å². The summed E-state index contributed by atoms with van der Waals surface area (Å²) in [6.07, 6.45) is 0.322. The number of rotatable bonds is 8. The molecule has 1 saturated heterocycles. The number of aromatic nitrogens is 2. The molecule has 0 aliphatic carbocycles. The topological polar surface area (TPSA) is 96.8 Å². The summed E-state index contributed by atoms with van der Waals surface area (Å²) in [5.74, 6) is 2.13. The monoisotopic (exact) mass is 414 g/mol. The van der Waals surface area contributed by atoms with Crippen LogP contribution in [0.3, 0.4) is 0 Å². The zero-order chi connectivity index (χ0) is 21.8. The van der Waals surface area contributed by atoms with Gasteiger partial charge in [-0.3, -0.25) is 4.90 Å². The molecule has 2 aromatic rings. The van der Waals surface area contributed by atoms with Gasteiger partial charge in [0, 0.05) is 6.20 Å². The smallest absolute Gasteiger partial charge is 0.416 e. The molecule has 30 heavy (non-hydrogen) atoms. The van der Waals surface area contributed by atoms with Crippen LogP contribution in [-0.4, -0.2) is 46.5 Å². The van der Waals surface area contributed by atoms with E-state index in [1.165, 1.54) is 4.90 Å². The number of aliphatic hydroxyl groups is 1. The molecule has 3 atom stereocenters. The highest BCUT2D eigenvalue weighted by atomic mass is 16.6. The van der Waals surface area contributed by atoms with Crippen molar-refractivity contribution in [2.75, 3.05) is 23.4 Å². The van der Waals surface area contributed by atoms with Crippen molar-refractivity contribution in [3.8, 4) is 5.75 Å². The first kappa shape index (κ1) is 21.8. The number of amides is 1. The number of cyclic esters (lactones) is 1. The van der Waals surface area contributed by atoms with Crippen LogP contribution in [0.4, 0.5) is 16.6 Å². The number of carbonyl (C=O) groups is 1. The number of hydrogen-bond acceptors (Lipinski definition) is 7. The van der Waals surface area contributed by atoms with Crippen molar-refractivity contribution >= 4 is 17.9 Å². The van der Waals surface area contributed by atoms with Gasteiger partial charge in [-0.2, -0.15) is 4.98 Å². The average Bonchev–Trinajstić information content (AvgIpc) is 3.09. The average molecular weight is 415 g/mol. The molecule has 0 radical (unpaired) electrons. The number of anilines is 2. The number of nitrogens with one attached hydrogen (secondary N) is 1. The summed E-state index contributed by atoms with van der Waals surface area (Å²) in [5.41, 5.74) is 2.14. The second-order valence-electron chi connectivity index (χ2n) is 8.09. The van der Waals surface area contributed by atoms with Gasteiger partial charge in [-0.1, -0.05) is 26.0 Å². The lowest BCUT2D eigenvalue weighted by Gasteiger charge is -2.23. The van der Waals surface area contributed by atoms with E-state index in [0.29, 0.717) is 24.3 Å². The van der Waals surface area contributed by atoms with E-state index in [9.17, 15) is 9.90 Å². The predicted octanol–water partition coefficient (Wildman–Crippen LogP) is 3.70. The second kappa shape index (κ2) is 9.30. The molecule has 1 amide bonds. The number of hydrogen-bond donors (Lipinski definition) is 2. The van der Waals surface area contributed by atoms with Crippen LogP contribution in [0.1, 0.15) is 44.9 Å². The van der Waals surface area contributed by atoms with Crippen LogP contribution in [0.25, 0.3) is 0 Å². The summed E-state index contributed by atoms with van der Waals surface area (Å²) in [7, 11) is 0. The summed E-state index contributed by atoms with van der Waals surface area (Å²) in [6.45, 7) is 10.7. The molecule has 1 unspecified atom stereocenters. The molecule has 2 heterocycles. The minimum absolute atomic E-state index is 0.0591. The van der Waals surface area contributed by atoms with Crippen molar-refractivity contribution in [1.29, 1.82) is 0 Å². The quantitative estimate of drug-likeness (QED) is 0.680. The Balaban J connectivity index is 1.73. The van der Waals surface area contributed by atoms with E-state index < -0.39 is 18.2 Å². The first-order valence-corrected chi connectivity index (χ1v) is 10.2. The Bertz CT molecular complexity index is 887. The third kappa shape index (κ3) is 4.99. The largest absolute Gasteiger partial charge is 0.493 e. The number of aryl methyl sites for hydroxylation is 1. The van der Waals surface area contributed by atoms with Crippen LogP contribution < -0.4 is 15.0 Å². The summed E-state index contributed by atoms with van der Waals surface area (Å²) >= 11 is 0. The fourth-order valence-corrected chi connectivity index (χ4v) is 3.24. The van der Waals surface area contributed by atoms with Crippen LogP contribution in [0.5, 0.6) is 5.75 Å². The normalized spacial score (nSPS) is 18.3. The fraction of sp³-hybridized carbons (Fsp3) is 0.500. The molecule has 0 bridgehead atoms. The molecule has 1 aliphatic heterocycles. The number of benzene rings is 1. The van der Waals surface area contributed by atoms with Crippen molar-refractivity contribution in [3.05, 3.63) is 41.6 Å². The molecule has 1 aromatic carbocycles. The molecular weight excluding hydrogens is 384 g/mol. The van der Waals surface area contributed by atoms with Crippen LogP contribution in [0.2, 0.25) is 0 Å². The highest BCUT2D eigenvalue weighted by Crippen LogP contribution is 2.27. The maximum Gasteiger partial charge on any atom is 0.416 e. The predicted molar refractivity (Wildman–Crippen MR) is 115 cm³/mol. The van der Waals surface area contributed by atoms with Gasteiger partial charge in [0.2, 0.25) is 5.95 Å². The van der Waals surface area contributed by atoms with Crippen molar-refractivity contribution in [2.45, 2.75) is 52.8 Å². The van der Waals surface area contributed by atoms with E-state index in [4.69, 9.17) is 9.47 Å². The molecule has 0 spiro atoms. The van der Waals surface area contributed by atoms with Crippen LogP contribution >= 0.6 is 0 Å². The van der Waals surface area contributed by atoms with Gasteiger partial charge in [-0.05, 0) is 49.9 Å². The molecule has 3 rings (SSSR count). The minimum Gasteiger partial charge on any atom is -0.493 e. The number of aliphatic hydroxyl groups excluding tert-OH is 1. The Morgan fingerprint density at radius 2 is 2.07 bits per heavy atom. The Morgan fingerprint density at radius 1 is 1.30 bits per heavy atom. The maximum atomic E-state index is 12.1. The van der Waals surface area contributed by atoms with Gasteiger partial charge in [0.25, 0.3) is 0 Å². The van der Waals surface area contributed by atoms with E-state index in [2.05, 4.69) is 35.2 Å². The molecule has 1 fully saturated rings. The SMILES string of the molecule is Cc1cc([C@H](C)Nc2nccc(N3C(=O)OCC3[C@@H](C)O)n2)ccc1OCC(C)C. The van der Waals surface area contributed by atoms with Gasteiger partial charge in [-0.15, -0.1) is 0 Å². The Kier molecular flexibility index (Phi) is 6.77. The summed E-state index contributed by atoms with van der Waals surface area (Å²) in [4.78, 5) is 22.2. The first-order chi connectivity index (χ1) is 14.3. The number of nitrogens with zero attached hydrogens (tertiary/aromatic N) is 3. The molecule has 8 nitrogen and oxygen atoms in total. The van der Waals surface area contributed by atoms with Crippen LogP contribution in [-0.2, 0) is 4.74 Å². The Morgan fingerprint density at radius 3 is 2.73 bits per heavy atom. The zero-order valence-corrected chi connectivity index (χ0v) is 18.1. The molecular formula is C22H30N4O4. The second-order valence-corrected chi connectivity index (χ2v) is 8.09. The van der Waals surface area contributed by atoms with Crippen molar-refractivity contribution in [2.24, 2.45) is 5.92 Å². The van der Waals surface area contributed by atoms with Crippen molar-refractivity contribution < 1.29 is 19.4 Å². The van der Waals surface area contributed by atoms with E-state index in [-0.39, 0.29) is 12.6 Å². The lowest BCUT2D eigenvalue weighted by molar-refractivity contribution is 0.142. The third-order valence-electron chi connectivity index (χ3n) is 4.97. The zero-order valence-electron chi connectivity index (χ0n) is 18.1. The summed E-state index contributed by atoms with van der Waals surface area (Å²) in [6, 6.07) is 7.18. The van der Waals surface area contributed by atoms with Crippen LogP contribution in [0.15, 0.2) is 30.5 Å². The highest BCUT2D eigenvalue weighted by Gasteiger charge is 2.38. The molecule has 162 valence electrons. The highest BCUT2D eigenvalue weighted by molar-refractivity contribution is 5.89. The first-order valence-electron chi connectivity index (χ1n) is 10.2. The molecule has 1 aromatic heterocycles. The van der Waals surface area contributed by atoms with Crippen molar-refractivity contribution in [1.82, 2.24) is 9.97 Å². The standard InChI is InChI=1S/C22H30N4O4/c1-13(2)11-29-19-7-6-17(10-14(19)3)15(4)24-21-23-9-8-20(25-21)26-18(16(5)27)12-30-22(26)28/h6-10,13,15-16,18,27H,11-12H2,1-5H3,(H,23,24,25)/t15-,16+,18?/m0/s1. The van der Waals surface area contributed by atoms with Gasteiger partial charge in [0.15, 0.2) is 0 Å². The van der Waals surface area contributed by atoms with E-state index in [1.54, 1.807) is 19.2 Å². The molecule has 8 heteroatoms. The number of carbonyl (C=O) groups excluding carboxylic acids is 1. The number of ether oxygens (including phenoxy) is 2. The fourth-order valence-electron chi connectivity index (χ4n) is 3.24. The van der Waals surface area contributed by atoms with Crippen molar-refractivity contribution in [3.63, 3.8) is 0 Å². The molecule has 0 saturated carbocycles. The van der Waals surface area contributed by atoms with Gasteiger partial charge in [-0.25, -0.2) is 9.78 Å². The molecule has 1 aliphatic rings. The Hall–Kier alpha value is -2.87. The van der Waals surface area contributed by atoms with Crippen LogP contribution in [0, 0.1) is 12.8 Å². The van der Waals surface area contributed by atoms with E-state index >= 15 is 0 Å². The minimum atomic E-state index is -0.735.